The SMILES string of the molecule is COc1ccc(C(=O)N2CC3(C2)CS(=O)(=O)C3)cc1C(=O)Nc1c(C(=O)Nc2ccc(F)c(C(F)(F)F)c2)sc2cc(C3CC3)ncc12. The van der Waals surface area contributed by atoms with Crippen molar-refractivity contribution in [2.24, 2.45) is 5.41 Å². The number of fused-ring (bicyclic) bond motifs is 1. The van der Waals surface area contributed by atoms with Crippen LogP contribution in [0.2, 0.25) is 0 Å². The molecule has 7 rings (SSSR count). The second kappa shape index (κ2) is 11.3. The van der Waals surface area contributed by atoms with E-state index in [0.717, 1.165) is 35.9 Å². The number of alkyl halides is 3. The highest BCUT2D eigenvalue weighted by molar-refractivity contribution is 7.92. The van der Waals surface area contributed by atoms with Gasteiger partial charge in [-0.15, -0.1) is 11.3 Å². The molecule has 250 valence electrons. The number of nitrogens with one attached hydrogen (secondary N) is 2. The zero-order valence-electron chi connectivity index (χ0n) is 25.1. The highest BCUT2D eigenvalue weighted by Crippen LogP contribution is 2.44. The number of amides is 3. The average Bonchev–Trinajstić information content (AvgIpc) is 3.80. The van der Waals surface area contributed by atoms with Gasteiger partial charge in [-0.1, -0.05) is 0 Å². The Kier molecular flexibility index (Phi) is 7.51. The van der Waals surface area contributed by atoms with E-state index in [9.17, 15) is 40.4 Å². The van der Waals surface area contributed by atoms with E-state index in [-0.39, 0.29) is 63.6 Å². The van der Waals surface area contributed by atoms with Crippen molar-refractivity contribution in [3.05, 3.63) is 81.7 Å². The number of ether oxygens (including phenoxy) is 1. The maximum Gasteiger partial charge on any atom is 0.419 e. The molecule has 2 N–H and O–H groups in total. The number of carbonyl (C=O) groups excluding carboxylic acids is 3. The maximum atomic E-state index is 13.9. The number of methoxy groups -OCH3 is 1. The Morgan fingerprint density at radius 1 is 1.02 bits per heavy atom. The van der Waals surface area contributed by atoms with Crippen molar-refractivity contribution >= 4 is 60.4 Å². The molecule has 0 bridgehead atoms. The molecule has 4 aromatic rings. The van der Waals surface area contributed by atoms with Gasteiger partial charge in [-0.05, 0) is 55.3 Å². The number of nitrogens with zero attached hydrogens (tertiary/aromatic N) is 2. The van der Waals surface area contributed by atoms with Gasteiger partial charge >= 0.3 is 6.18 Å². The molecule has 10 nitrogen and oxygen atoms in total. The molecule has 0 unspecified atom stereocenters. The zero-order chi connectivity index (χ0) is 34.2. The highest BCUT2D eigenvalue weighted by Gasteiger charge is 2.57. The summed E-state index contributed by atoms with van der Waals surface area (Å²) in [4.78, 5) is 46.6. The Bertz CT molecular complexity index is 2130. The third kappa shape index (κ3) is 5.87. The van der Waals surface area contributed by atoms with Gasteiger partial charge in [0.25, 0.3) is 17.7 Å². The van der Waals surface area contributed by atoms with Crippen LogP contribution in [0.15, 0.2) is 48.7 Å². The Morgan fingerprint density at radius 2 is 1.75 bits per heavy atom. The first-order valence-electron chi connectivity index (χ1n) is 14.7. The first-order chi connectivity index (χ1) is 22.6. The zero-order valence-corrected chi connectivity index (χ0v) is 26.7. The molecule has 4 heterocycles. The lowest BCUT2D eigenvalue weighted by Crippen LogP contribution is -2.69. The second-order valence-corrected chi connectivity index (χ2v) is 15.5. The molecule has 16 heteroatoms. The number of rotatable bonds is 7. The van der Waals surface area contributed by atoms with Gasteiger partial charge in [-0.25, -0.2) is 12.8 Å². The van der Waals surface area contributed by atoms with Gasteiger partial charge in [0.15, 0.2) is 9.84 Å². The molecule has 48 heavy (non-hydrogen) atoms. The lowest BCUT2D eigenvalue weighted by molar-refractivity contribution is -0.139. The number of likely N-dealkylation sites (tertiary alicyclic amines) is 1. The number of benzene rings is 2. The van der Waals surface area contributed by atoms with Gasteiger partial charge < -0.3 is 20.3 Å². The van der Waals surface area contributed by atoms with Crippen molar-refractivity contribution in [2.45, 2.75) is 24.9 Å². The number of thiophene rings is 1. The summed E-state index contributed by atoms with van der Waals surface area (Å²) < 4.78 is 83.2. The molecule has 0 radical (unpaired) electrons. The van der Waals surface area contributed by atoms with Crippen molar-refractivity contribution in [2.75, 3.05) is 42.3 Å². The summed E-state index contributed by atoms with van der Waals surface area (Å²) in [6.45, 7) is 0.568. The monoisotopic (exact) mass is 702 g/mol. The van der Waals surface area contributed by atoms with Crippen LogP contribution >= 0.6 is 11.3 Å². The predicted molar refractivity (Wildman–Crippen MR) is 169 cm³/mol. The van der Waals surface area contributed by atoms with Crippen LogP contribution in [0, 0.1) is 11.2 Å². The van der Waals surface area contributed by atoms with Crippen molar-refractivity contribution in [1.29, 1.82) is 0 Å². The van der Waals surface area contributed by atoms with E-state index in [1.54, 1.807) is 6.07 Å². The fraction of sp³-hybridized carbons (Fsp3) is 0.312. The first kappa shape index (κ1) is 32.0. The van der Waals surface area contributed by atoms with Gasteiger partial charge in [0.05, 0.1) is 35.4 Å². The van der Waals surface area contributed by atoms with Crippen LogP contribution in [0.5, 0.6) is 5.75 Å². The first-order valence-corrected chi connectivity index (χ1v) is 17.4. The van der Waals surface area contributed by atoms with Crippen LogP contribution in [-0.4, -0.2) is 67.7 Å². The molecule has 3 fully saturated rings. The third-order valence-corrected chi connectivity index (χ3v) is 11.9. The molecule has 0 atom stereocenters. The van der Waals surface area contributed by atoms with Gasteiger partial charge in [0.1, 0.15) is 16.4 Å². The van der Waals surface area contributed by atoms with Gasteiger partial charge in [0, 0.05) is 57.7 Å². The predicted octanol–water partition coefficient (Wildman–Crippen LogP) is 5.72. The summed E-state index contributed by atoms with van der Waals surface area (Å²) in [5.74, 6) is -3.01. The number of pyridine rings is 1. The van der Waals surface area contributed by atoms with Crippen molar-refractivity contribution in [1.82, 2.24) is 9.88 Å². The molecule has 2 saturated heterocycles. The molecule has 2 aliphatic heterocycles. The van der Waals surface area contributed by atoms with Crippen LogP contribution in [0.1, 0.15) is 60.4 Å². The minimum Gasteiger partial charge on any atom is -0.496 e. The number of anilines is 2. The average molecular weight is 703 g/mol. The Hall–Kier alpha value is -4.57. The minimum absolute atomic E-state index is 0.0339. The minimum atomic E-state index is -4.99. The molecule has 1 saturated carbocycles. The summed E-state index contributed by atoms with van der Waals surface area (Å²) in [6.07, 6.45) is -1.56. The van der Waals surface area contributed by atoms with E-state index in [2.05, 4.69) is 15.6 Å². The largest absolute Gasteiger partial charge is 0.496 e. The lowest BCUT2D eigenvalue weighted by atomic mass is 9.82. The number of hydrogen-bond donors (Lipinski definition) is 2. The highest BCUT2D eigenvalue weighted by atomic mass is 32.2. The van der Waals surface area contributed by atoms with E-state index in [0.29, 0.717) is 22.2 Å². The van der Waals surface area contributed by atoms with Crippen LogP contribution in [0.4, 0.5) is 28.9 Å². The summed E-state index contributed by atoms with van der Waals surface area (Å²) >= 11 is 1.00. The van der Waals surface area contributed by atoms with E-state index in [1.807, 2.05) is 0 Å². The molecule has 2 aromatic carbocycles. The molecular weight excluding hydrogens is 676 g/mol. The standard InChI is InChI=1S/C32H26F4N4O6S2/c1-46-24-7-4-17(30(43)40-12-31(13-40)14-48(44,45)15-31)8-19(24)28(41)39-26-20-11-37-23(16-2-3-16)10-25(20)47-27(26)29(42)38-18-5-6-22(33)21(9-18)32(34,35)36/h4-11,16H,2-3,12-15H2,1H3,(H,38,42)(H,39,41). The van der Waals surface area contributed by atoms with E-state index in [1.165, 1.54) is 36.4 Å². The third-order valence-electron chi connectivity index (χ3n) is 8.65. The topological polar surface area (TPSA) is 135 Å². The lowest BCUT2D eigenvalue weighted by Gasteiger charge is -2.54. The van der Waals surface area contributed by atoms with Gasteiger partial charge in [0.2, 0.25) is 0 Å². The van der Waals surface area contributed by atoms with Crippen LogP contribution in [0.3, 0.4) is 0 Å². The van der Waals surface area contributed by atoms with Crippen molar-refractivity contribution in [3.8, 4) is 5.75 Å². The number of sulfone groups is 1. The van der Waals surface area contributed by atoms with Crippen molar-refractivity contribution in [3.63, 3.8) is 0 Å². The number of hydrogen-bond acceptors (Lipinski definition) is 8. The number of carbonyl (C=O) groups is 3. The molecule has 1 aliphatic carbocycles. The number of halogens is 4. The quantitative estimate of drug-likeness (QED) is 0.236. The fourth-order valence-corrected chi connectivity index (χ4v) is 9.48. The van der Waals surface area contributed by atoms with E-state index < -0.39 is 50.5 Å². The van der Waals surface area contributed by atoms with Crippen molar-refractivity contribution < 1.29 is 45.1 Å². The summed E-state index contributed by atoms with van der Waals surface area (Å²) in [7, 11) is -1.73. The smallest absolute Gasteiger partial charge is 0.419 e. The molecular formula is C32H26F4N4O6S2. The molecule has 3 aliphatic rings. The summed E-state index contributed by atoms with van der Waals surface area (Å²) in [5, 5.41) is 5.51. The molecule has 1 spiro atoms. The normalized spacial score (nSPS) is 17.8. The van der Waals surface area contributed by atoms with Gasteiger partial charge in [-0.3, -0.25) is 19.4 Å². The van der Waals surface area contributed by atoms with Crippen LogP contribution in [0.25, 0.3) is 10.1 Å². The van der Waals surface area contributed by atoms with Crippen LogP contribution < -0.4 is 15.4 Å². The fourth-order valence-electron chi connectivity index (χ4n) is 6.26. The van der Waals surface area contributed by atoms with E-state index in [4.69, 9.17) is 4.74 Å². The molecule has 3 amide bonds. The van der Waals surface area contributed by atoms with E-state index >= 15 is 0 Å². The van der Waals surface area contributed by atoms with Gasteiger partial charge in [-0.2, -0.15) is 13.2 Å². The Morgan fingerprint density at radius 3 is 2.40 bits per heavy atom. The van der Waals surface area contributed by atoms with Crippen LogP contribution in [-0.2, 0) is 16.0 Å². The second-order valence-electron chi connectivity index (χ2n) is 12.4. The Balaban J connectivity index is 1.19. The summed E-state index contributed by atoms with van der Waals surface area (Å²) in [5.41, 5.74) is -1.29. The Labute approximate surface area is 275 Å². The summed E-state index contributed by atoms with van der Waals surface area (Å²) in [6, 6.07) is 8.17. The maximum absolute atomic E-state index is 13.9. The molecule has 2 aromatic heterocycles. The number of aromatic nitrogens is 1.